The molecule has 0 fully saturated rings. The van der Waals surface area contributed by atoms with Crippen LogP contribution in [0.2, 0.25) is 0 Å². The van der Waals surface area contributed by atoms with Crippen LogP contribution in [-0.2, 0) is 15.5 Å². The minimum Gasteiger partial charge on any atom is -0.487 e. The van der Waals surface area contributed by atoms with Crippen molar-refractivity contribution in [2.75, 3.05) is 6.61 Å². The summed E-state index contributed by atoms with van der Waals surface area (Å²) in [4.78, 5) is -0.677. The maximum Gasteiger partial charge on any atom is 0.272 e. The molecular weight excluding hydrogens is 463 g/mol. The van der Waals surface area contributed by atoms with Gasteiger partial charge < -0.3 is 4.74 Å². The number of fused-ring (bicyclic) bond motifs is 3. The minimum absolute atomic E-state index is 0.0349. The zero-order valence-corrected chi connectivity index (χ0v) is 17.0. The Labute approximate surface area is 178 Å². The van der Waals surface area contributed by atoms with Gasteiger partial charge in [0.2, 0.25) is 0 Å². The van der Waals surface area contributed by atoms with Crippen LogP contribution in [0.3, 0.4) is 0 Å². The number of hydrogen-bond donors (Lipinski definition) is 0. The van der Waals surface area contributed by atoms with Gasteiger partial charge in [0, 0.05) is 27.4 Å². The molecule has 0 unspecified atom stereocenters. The SMILES string of the molecule is O=S(=O)(Cl)c1cccc(OCC(F)F)c1-c1c(F)c(F)c(F)c2c1Cc1ccccc1-2. The summed E-state index contributed by atoms with van der Waals surface area (Å²) in [6, 6.07) is 9.68. The van der Waals surface area contributed by atoms with Crippen LogP contribution in [0.25, 0.3) is 22.3 Å². The highest BCUT2D eigenvalue weighted by atomic mass is 35.7. The highest BCUT2D eigenvalue weighted by Gasteiger charge is 2.35. The molecule has 162 valence electrons. The normalized spacial score (nSPS) is 12.7. The Hall–Kier alpha value is -2.65. The van der Waals surface area contributed by atoms with Crippen LogP contribution >= 0.6 is 10.7 Å². The van der Waals surface area contributed by atoms with Gasteiger partial charge in [-0.25, -0.2) is 30.4 Å². The Balaban J connectivity index is 2.10. The smallest absolute Gasteiger partial charge is 0.272 e. The largest absolute Gasteiger partial charge is 0.487 e. The second-order valence-electron chi connectivity index (χ2n) is 6.77. The zero-order valence-electron chi connectivity index (χ0n) is 15.4. The summed E-state index contributed by atoms with van der Waals surface area (Å²) < 4.78 is 99.3. The van der Waals surface area contributed by atoms with E-state index >= 15 is 4.39 Å². The molecule has 1 aliphatic carbocycles. The van der Waals surface area contributed by atoms with Crippen molar-refractivity contribution in [3.05, 3.63) is 71.0 Å². The Kier molecular flexibility index (Phi) is 5.43. The third-order valence-corrected chi connectivity index (χ3v) is 6.31. The van der Waals surface area contributed by atoms with E-state index in [1.807, 2.05) is 0 Å². The first-order valence-electron chi connectivity index (χ1n) is 8.87. The van der Waals surface area contributed by atoms with E-state index in [4.69, 9.17) is 15.4 Å². The third-order valence-electron chi connectivity index (χ3n) is 4.95. The maximum atomic E-state index is 15.1. The van der Waals surface area contributed by atoms with Gasteiger partial charge in [0.25, 0.3) is 15.5 Å². The van der Waals surface area contributed by atoms with Crippen LogP contribution in [0, 0.1) is 17.5 Å². The van der Waals surface area contributed by atoms with Crippen molar-refractivity contribution in [2.24, 2.45) is 0 Å². The van der Waals surface area contributed by atoms with Crippen molar-refractivity contribution >= 4 is 19.7 Å². The Morgan fingerprint density at radius 3 is 2.26 bits per heavy atom. The van der Waals surface area contributed by atoms with Crippen molar-refractivity contribution in [3.8, 4) is 28.0 Å². The summed E-state index contributed by atoms with van der Waals surface area (Å²) in [6.07, 6.45) is -2.96. The van der Waals surface area contributed by atoms with E-state index in [-0.39, 0.29) is 17.5 Å². The average molecular weight is 475 g/mol. The lowest BCUT2D eigenvalue weighted by Crippen LogP contribution is -2.10. The van der Waals surface area contributed by atoms with E-state index in [1.165, 1.54) is 6.07 Å². The lowest BCUT2D eigenvalue weighted by Gasteiger charge is -2.18. The number of benzene rings is 3. The Morgan fingerprint density at radius 2 is 1.58 bits per heavy atom. The summed E-state index contributed by atoms with van der Waals surface area (Å²) in [5, 5.41) is 0. The second-order valence-corrected chi connectivity index (χ2v) is 9.31. The van der Waals surface area contributed by atoms with E-state index < -0.39 is 61.3 Å². The molecular formula is C21H12ClF5O3S. The summed E-state index contributed by atoms with van der Waals surface area (Å²) in [7, 11) is 0.945. The van der Waals surface area contributed by atoms with Gasteiger partial charge in [-0.1, -0.05) is 30.3 Å². The molecule has 0 N–H and O–H groups in total. The standard InChI is InChI=1S/C21H12ClF5O3S/c22-31(28,29)14-7-3-6-13(30-9-15(23)24)18(14)17-12-8-10-4-1-2-5-11(10)16(12)19(25)21(27)20(17)26/h1-7,15H,8-9H2. The molecule has 0 saturated heterocycles. The summed E-state index contributed by atoms with van der Waals surface area (Å²) in [5.41, 5.74) is -0.536. The molecule has 3 aromatic rings. The first-order valence-corrected chi connectivity index (χ1v) is 11.2. The monoisotopic (exact) mass is 474 g/mol. The number of hydrogen-bond acceptors (Lipinski definition) is 3. The lowest BCUT2D eigenvalue weighted by molar-refractivity contribution is 0.0821. The van der Waals surface area contributed by atoms with Gasteiger partial charge in [-0.15, -0.1) is 0 Å². The van der Waals surface area contributed by atoms with Gasteiger partial charge >= 0.3 is 0 Å². The molecule has 0 atom stereocenters. The molecule has 0 radical (unpaired) electrons. The predicted octanol–water partition coefficient (Wildman–Crippen LogP) is 5.91. The topological polar surface area (TPSA) is 43.4 Å². The van der Waals surface area contributed by atoms with Gasteiger partial charge in [-0.05, 0) is 35.2 Å². The molecule has 0 amide bonds. The van der Waals surface area contributed by atoms with Crippen LogP contribution in [0.1, 0.15) is 11.1 Å². The van der Waals surface area contributed by atoms with Gasteiger partial charge in [0.15, 0.2) is 17.5 Å². The van der Waals surface area contributed by atoms with Gasteiger partial charge in [-0.2, -0.15) is 0 Å². The molecule has 0 aliphatic heterocycles. The van der Waals surface area contributed by atoms with Crippen LogP contribution < -0.4 is 4.74 Å². The number of ether oxygens (including phenoxy) is 1. The predicted molar refractivity (Wildman–Crippen MR) is 105 cm³/mol. The molecule has 10 heteroatoms. The number of rotatable bonds is 5. The highest BCUT2D eigenvalue weighted by molar-refractivity contribution is 8.13. The van der Waals surface area contributed by atoms with Crippen LogP contribution in [0.5, 0.6) is 5.75 Å². The molecule has 4 rings (SSSR count). The average Bonchev–Trinajstić information content (AvgIpc) is 3.09. The molecule has 31 heavy (non-hydrogen) atoms. The molecule has 1 aliphatic rings. The number of alkyl halides is 2. The van der Waals surface area contributed by atoms with Crippen molar-refractivity contribution in [1.82, 2.24) is 0 Å². The Morgan fingerprint density at radius 1 is 0.903 bits per heavy atom. The quantitative estimate of drug-likeness (QED) is 0.205. The summed E-state index contributed by atoms with van der Waals surface area (Å²) in [5.74, 6) is -5.38. The third kappa shape index (κ3) is 3.65. The zero-order chi connectivity index (χ0) is 22.5. The van der Waals surface area contributed by atoms with E-state index in [9.17, 15) is 26.0 Å². The van der Waals surface area contributed by atoms with E-state index in [0.29, 0.717) is 11.1 Å². The summed E-state index contributed by atoms with van der Waals surface area (Å²) in [6.45, 7) is -1.13. The fourth-order valence-corrected chi connectivity index (χ4v) is 4.84. The molecule has 0 heterocycles. The van der Waals surface area contributed by atoms with Crippen molar-refractivity contribution in [3.63, 3.8) is 0 Å². The molecule has 0 bridgehead atoms. The van der Waals surface area contributed by atoms with Crippen molar-refractivity contribution in [1.29, 1.82) is 0 Å². The maximum absolute atomic E-state index is 15.1. The van der Waals surface area contributed by atoms with E-state index in [2.05, 4.69) is 0 Å². The van der Waals surface area contributed by atoms with E-state index in [1.54, 1.807) is 18.2 Å². The van der Waals surface area contributed by atoms with Gasteiger partial charge in [-0.3, -0.25) is 0 Å². The summed E-state index contributed by atoms with van der Waals surface area (Å²) >= 11 is 0. The molecule has 0 aromatic heterocycles. The molecule has 0 spiro atoms. The van der Waals surface area contributed by atoms with Crippen LogP contribution in [-0.4, -0.2) is 21.5 Å². The Bertz CT molecular complexity index is 1310. The van der Waals surface area contributed by atoms with Crippen molar-refractivity contribution in [2.45, 2.75) is 17.7 Å². The second kappa shape index (κ2) is 7.80. The van der Waals surface area contributed by atoms with Crippen molar-refractivity contribution < 1.29 is 35.1 Å². The first kappa shape index (κ1) is 21.6. The first-order chi connectivity index (χ1) is 14.6. The molecule has 0 saturated carbocycles. The van der Waals surface area contributed by atoms with Crippen LogP contribution in [0.4, 0.5) is 22.0 Å². The fraction of sp³-hybridized carbons (Fsp3) is 0.143. The molecule has 3 aromatic carbocycles. The van der Waals surface area contributed by atoms with Gasteiger partial charge in [0.1, 0.15) is 12.4 Å². The van der Waals surface area contributed by atoms with Crippen LogP contribution in [0.15, 0.2) is 47.4 Å². The minimum atomic E-state index is -4.55. The number of halogens is 6. The van der Waals surface area contributed by atoms with E-state index in [0.717, 1.165) is 18.2 Å². The van der Waals surface area contributed by atoms with Gasteiger partial charge in [0.05, 0.1) is 4.90 Å². The fourth-order valence-electron chi connectivity index (χ4n) is 3.77. The lowest BCUT2D eigenvalue weighted by atomic mass is 9.93. The highest BCUT2D eigenvalue weighted by Crippen LogP contribution is 2.49. The molecule has 3 nitrogen and oxygen atoms in total.